The van der Waals surface area contributed by atoms with Crippen LogP contribution in [0.25, 0.3) is 0 Å². The van der Waals surface area contributed by atoms with Crippen molar-refractivity contribution in [2.45, 2.75) is 19.1 Å². The van der Waals surface area contributed by atoms with Crippen LogP contribution in [0, 0.1) is 0 Å². The van der Waals surface area contributed by atoms with E-state index in [1.54, 1.807) is 0 Å². The maximum atomic E-state index is 12.3. The molecule has 0 fully saturated rings. The van der Waals surface area contributed by atoms with Crippen molar-refractivity contribution in [3.8, 4) is 5.75 Å². The highest BCUT2D eigenvalue weighted by Gasteiger charge is 2.32. The molecule has 0 spiro atoms. The predicted octanol–water partition coefficient (Wildman–Crippen LogP) is 3.08. The number of phenols is 1. The highest BCUT2D eigenvalue weighted by Crippen LogP contribution is 2.38. The second-order valence-electron chi connectivity index (χ2n) is 3.18. The van der Waals surface area contributed by atoms with E-state index in [4.69, 9.17) is 17.3 Å². The first-order valence-electron chi connectivity index (χ1n) is 4.08. The fraction of sp³-hybridized carbons (Fsp3) is 0.333. The molecule has 0 aliphatic carbocycles. The molecule has 0 amide bonds. The maximum absolute atomic E-state index is 12.3. The lowest BCUT2D eigenvalue weighted by Crippen LogP contribution is -2.09. The topological polar surface area (TPSA) is 46.2 Å². The van der Waals surface area contributed by atoms with Crippen molar-refractivity contribution in [1.82, 2.24) is 0 Å². The minimum Gasteiger partial charge on any atom is -0.508 e. The number of rotatable bonds is 1. The van der Waals surface area contributed by atoms with Gasteiger partial charge in [0.05, 0.1) is 5.56 Å². The molecule has 6 heteroatoms. The van der Waals surface area contributed by atoms with Crippen molar-refractivity contribution < 1.29 is 18.3 Å². The normalized spacial score (nSPS) is 14.0. The van der Waals surface area contributed by atoms with Crippen LogP contribution >= 0.6 is 11.6 Å². The first-order valence-corrected chi connectivity index (χ1v) is 4.46. The third kappa shape index (κ3) is 2.54. The molecule has 1 aromatic rings. The van der Waals surface area contributed by atoms with Gasteiger partial charge in [0.2, 0.25) is 0 Å². The van der Waals surface area contributed by atoms with Gasteiger partial charge in [0.1, 0.15) is 5.75 Å². The van der Waals surface area contributed by atoms with Crippen LogP contribution in [0.2, 0.25) is 5.02 Å². The van der Waals surface area contributed by atoms with E-state index in [1.165, 1.54) is 6.92 Å². The molecule has 0 aliphatic rings. The number of hydrogen-bond donors (Lipinski definition) is 2. The zero-order valence-corrected chi connectivity index (χ0v) is 8.52. The Morgan fingerprint density at radius 2 is 1.93 bits per heavy atom. The molecule has 0 radical (unpaired) electrons. The quantitative estimate of drug-likeness (QED) is 0.791. The minimum atomic E-state index is -4.53. The van der Waals surface area contributed by atoms with Crippen LogP contribution in [0.3, 0.4) is 0 Å². The number of benzene rings is 1. The van der Waals surface area contributed by atoms with Gasteiger partial charge < -0.3 is 10.8 Å². The summed E-state index contributed by atoms with van der Waals surface area (Å²) in [5.74, 6) is -0.537. The monoisotopic (exact) mass is 239 g/mol. The summed E-state index contributed by atoms with van der Waals surface area (Å²) in [5, 5.41) is 9.16. The second kappa shape index (κ2) is 3.90. The number of alkyl halides is 3. The van der Waals surface area contributed by atoms with Crippen molar-refractivity contribution in [3.05, 3.63) is 28.3 Å². The smallest absolute Gasteiger partial charge is 0.416 e. The third-order valence-corrected chi connectivity index (χ3v) is 2.20. The van der Waals surface area contributed by atoms with Gasteiger partial charge >= 0.3 is 6.18 Å². The molecule has 0 saturated carbocycles. The third-order valence-electron chi connectivity index (χ3n) is 1.89. The van der Waals surface area contributed by atoms with Gasteiger partial charge in [-0.15, -0.1) is 0 Å². The Kier molecular flexibility index (Phi) is 3.16. The largest absolute Gasteiger partial charge is 0.508 e. The molecule has 3 N–H and O–H groups in total. The molecule has 1 atom stereocenters. The molecule has 0 aliphatic heterocycles. The Hall–Kier alpha value is -0.940. The molecule has 0 saturated heterocycles. The highest BCUT2D eigenvalue weighted by molar-refractivity contribution is 6.31. The molecule has 2 nitrogen and oxygen atoms in total. The van der Waals surface area contributed by atoms with Gasteiger partial charge in [-0.05, 0) is 19.1 Å². The Bertz CT molecular complexity index is 353. The molecule has 15 heavy (non-hydrogen) atoms. The highest BCUT2D eigenvalue weighted by atomic mass is 35.5. The molecule has 0 heterocycles. The predicted molar refractivity (Wildman–Crippen MR) is 50.7 cm³/mol. The molecular weight excluding hydrogens is 231 g/mol. The van der Waals surface area contributed by atoms with Crippen molar-refractivity contribution in [3.63, 3.8) is 0 Å². The van der Waals surface area contributed by atoms with E-state index in [0.717, 1.165) is 6.07 Å². The van der Waals surface area contributed by atoms with Gasteiger partial charge in [0, 0.05) is 16.6 Å². The van der Waals surface area contributed by atoms with Crippen molar-refractivity contribution >= 4 is 11.6 Å². The lowest BCUT2D eigenvalue weighted by Gasteiger charge is -2.14. The van der Waals surface area contributed by atoms with Crippen LogP contribution in [0.4, 0.5) is 13.2 Å². The molecule has 0 aromatic heterocycles. The van der Waals surface area contributed by atoms with Gasteiger partial charge in [-0.3, -0.25) is 0 Å². The summed E-state index contributed by atoms with van der Waals surface area (Å²) in [5.41, 5.74) is 4.57. The number of aromatic hydroxyl groups is 1. The van der Waals surface area contributed by atoms with E-state index in [9.17, 15) is 18.3 Å². The summed E-state index contributed by atoms with van der Waals surface area (Å²) in [7, 11) is 0. The molecule has 1 unspecified atom stereocenters. The average molecular weight is 240 g/mol. The first-order chi connectivity index (χ1) is 6.73. The van der Waals surface area contributed by atoms with Gasteiger partial charge in [0.25, 0.3) is 0 Å². The van der Waals surface area contributed by atoms with Crippen LogP contribution in [0.15, 0.2) is 12.1 Å². The van der Waals surface area contributed by atoms with Crippen molar-refractivity contribution in [2.75, 3.05) is 0 Å². The van der Waals surface area contributed by atoms with Crippen LogP contribution in [0.5, 0.6) is 5.75 Å². The summed E-state index contributed by atoms with van der Waals surface area (Å²) in [6.07, 6.45) is -4.53. The van der Waals surface area contributed by atoms with E-state index < -0.39 is 23.5 Å². The second-order valence-corrected chi connectivity index (χ2v) is 3.58. The fourth-order valence-corrected chi connectivity index (χ4v) is 1.60. The van der Waals surface area contributed by atoms with E-state index in [0.29, 0.717) is 6.07 Å². The number of hydrogen-bond acceptors (Lipinski definition) is 2. The standard InChI is InChI=1S/C9H9ClF3NO/c1-4(14)8-6(10)2-5(3-7(8)15)9(11,12)13/h2-4,15H,14H2,1H3. The van der Waals surface area contributed by atoms with Crippen LogP contribution in [-0.4, -0.2) is 5.11 Å². The molecule has 1 aromatic carbocycles. The van der Waals surface area contributed by atoms with Crippen LogP contribution < -0.4 is 5.73 Å². The van der Waals surface area contributed by atoms with Crippen molar-refractivity contribution in [1.29, 1.82) is 0 Å². The summed E-state index contributed by atoms with van der Waals surface area (Å²) >= 11 is 5.60. The Morgan fingerprint density at radius 3 is 2.27 bits per heavy atom. The maximum Gasteiger partial charge on any atom is 0.416 e. The molecule has 1 rings (SSSR count). The zero-order valence-electron chi connectivity index (χ0n) is 7.77. The van der Waals surface area contributed by atoms with E-state index in [1.807, 2.05) is 0 Å². The number of halogens is 4. The molecular formula is C9H9ClF3NO. The Morgan fingerprint density at radius 1 is 1.40 bits per heavy atom. The van der Waals surface area contributed by atoms with E-state index in [-0.39, 0.29) is 10.6 Å². The summed E-state index contributed by atoms with van der Waals surface area (Å²) < 4.78 is 36.8. The van der Waals surface area contributed by atoms with Crippen LogP contribution in [-0.2, 0) is 6.18 Å². The first kappa shape index (κ1) is 12.1. The van der Waals surface area contributed by atoms with E-state index in [2.05, 4.69) is 0 Å². The van der Waals surface area contributed by atoms with Gasteiger partial charge in [-0.1, -0.05) is 11.6 Å². The average Bonchev–Trinajstić information content (AvgIpc) is 1.99. The summed E-state index contributed by atoms with van der Waals surface area (Å²) in [4.78, 5) is 0. The van der Waals surface area contributed by atoms with E-state index >= 15 is 0 Å². The number of nitrogens with two attached hydrogens (primary N) is 1. The van der Waals surface area contributed by atoms with Crippen LogP contribution in [0.1, 0.15) is 24.1 Å². The molecule has 0 bridgehead atoms. The zero-order chi connectivity index (χ0) is 11.8. The lowest BCUT2D eigenvalue weighted by atomic mass is 10.0. The Balaban J connectivity index is 3.32. The summed E-state index contributed by atoms with van der Waals surface area (Å²) in [6.45, 7) is 1.52. The minimum absolute atomic E-state index is 0.115. The van der Waals surface area contributed by atoms with Crippen molar-refractivity contribution in [2.24, 2.45) is 5.73 Å². The summed E-state index contributed by atoms with van der Waals surface area (Å²) in [6, 6.07) is 0.740. The SMILES string of the molecule is CC(N)c1c(O)cc(C(F)(F)F)cc1Cl. The lowest BCUT2D eigenvalue weighted by molar-refractivity contribution is -0.137. The number of phenolic OH excluding ortho intramolecular Hbond substituents is 1. The van der Waals surface area contributed by atoms with Gasteiger partial charge in [-0.25, -0.2) is 0 Å². The molecule has 84 valence electrons. The fourth-order valence-electron chi connectivity index (χ4n) is 1.22. The Labute approximate surface area is 89.5 Å². The van der Waals surface area contributed by atoms with Gasteiger partial charge in [0.15, 0.2) is 0 Å². The van der Waals surface area contributed by atoms with Gasteiger partial charge in [-0.2, -0.15) is 13.2 Å².